The van der Waals surface area contributed by atoms with Gasteiger partial charge in [-0.15, -0.1) is 0 Å². The van der Waals surface area contributed by atoms with E-state index in [1.54, 1.807) is 20.8 Å². The van der Waals surface area contributed by atoms with E-state index < -0.39 is 29.7 Å². The monoisotopic (exact) mass is 420 g/mol. The molecule has 1 aromatic rings. The number of nitrogens with zero attached hydrogens (tertiary/aromatic N) is 2. The maximum Gasteiger partial charge on any atom is 0.411 e. The predicted octanol–water partition coefficient (Wildman–Crippen LogP) is 2.95. The first kappa shape index (κ1) is 23.8. The molecule has 30 heavy (non-hydrogen) atoms. The molecule has 0 saturated carbocycles. The Hall–Kier alpha value is -2.45. The van der Waals surface area contributed by atoms with Gasteiger partial charge in [-0.05, 0) is 39.2 Å². The number of hydroxylamine groups is 2. The molecule has 2 atom stereocenters. The average Bonchev–Trinajstić information content (AvgIpc) is 3.02. The van der Waals surface area contributed by atoms with Gasteiger partial charge in [0.15, 0.2) is 11.8 Å². The molecular formula is C22H32N2O6. The largest absolute Gasteiger partial charge is 0.444 e. The Morgan fingerprint density at radius 3 is 2.47 bits per heavy atom. The van der Waals surface area contributed by atoms with E-state index in [1.807, 2.05) is 30.3 Å². The van der Waals surface area contributed by atoms with E-state index in [2.05, 4.69) is 0 Å². The van der Waals surface area contributed by atoms with Crippen LogP contribution in [-0.2, 0) is 30.5 Å². The third kappa shape index (κ3) is 6.53. The van der Waals surface area contributed by atoms with Crippen LogP contribution in [0.1, 0.15) is 45.6 Å². The van der Waals surface area contributed by atoms with Gasteiger partial charge in [0.05, 0.1) is 13.7 Å². The molecular weight excluding hydrogens is 388 g/mol. The van der Waals surface area contributed by atoms with Gasteiger partial charge in [-0.25, -0.2) is 9.86 Å². The minimum atomic E-state index is -1.24. The summed E-state index contributed by atoms with van der Waals surface area (Å²) in [6, 6.07) is 8.17. The highest BCUT2D eigenvalue weighted by Crippen LogP contribution is 2.28. The lowest BCUT2D eigenvalue weighted by molar-refractivity contribution is -0.174. The van der Waals surface area contributed by atoms with Gasteiger partial charge in [0, 0.05) is 26.1 Å². The molecule has 0 spiro atoms. The quantitative estimate of drug-likeness (QED) is 0.365. The van der Waals surface area contributed by atoms with Crippen molar-refractivity contribution in [2.45, 2.75) is 64.3 Å². The molecule has 1 saturated heterocycles. The van der Waals surface area contributed by atoms with Crippen molar-refractivity contribution in [3.05, 3.63) is 35.9 Å². The third-order valence-electron chi connectivity index (χ3n) is 4.77. The SMILES string of the molecule is CON(C)C(=O)[C@@H]1C(=O)C[C@@H](CCCOCc2ccccc2)N1C(=O)OC(C)(C)C. The molecule has 8 nitrogen and oxygen atoms in total. The summed E-state index contributed by atoms with van der Waals surface area (Å²) in [4.78, 5) is 44.3. The van der Waals surface area contributed by atoms with Crippen molar-refractivity contribution in [1.29, 1.82) is 0 Å². The Labute approximate surface area is 178 Å². The van der Waals surface area contributed by atoms with Crippen LogP contribution in [0.15, 0.2) is 30.3 Å². The number of ether oxygens (including phenoxy) is 2. The molecule has 1 aromatic carbocycles. The minimum Gasteiger partial charge on any atom is -0.444 e. The normalized spacial score (nSPS) is 19.1. The lowest BCUT2D eigenvalue weighted by atomic mass is 10.1. The number of rotatable bonds is 8. The van der Waals surface area contributed by atoms with E-state index in [4.69, 9.17) is 14.3 Å². The van der Waals surface area contributed by atoms with Crippen LogP contribution in [0.4, 0.5) is 4.79 Å². The highest BCUT2D eigenvalue weighted by molar-refractivity contribution is 6.09. The first-order chi connectivity index (χ1) is 14.1. The molecule has 166 valence electrons. The zero-order valence-electron chi connectivity index (χ0n) is 18.4. The van der Waals surface area contributed by atoms with Crippen LogP contribution >= 0.6 is 0 Å². The number of amides is 2. The minimum absolute atomic E-state index is 0.103. The molecule has 1 fully saturated rings. The highest BCUT2D eigenvalue weighted by Gasteiger charge is 2.49. The smallest absolute Gasteiger partial charge is 0.411 e. The van der Waals surface area contributed by atoms with Crippen molar-refractivity contribution in [3.63, 3.8) is 0 Å². The number of hydrogen-bond donors (Lipinski definition) is 0. The van der Waals surface area contributed by atoms with Gasteiger partial charge in [-0.2, -0.15) is 0 Å². The predicted molar refractivity (Wildman–Crippen MR) is 110 cm³/mol. The molecule has 0 N–H and O–H groups in total. The fourth-order valence-electron chi connectivity index (χ4n) is 3.32. The average molecular weight is 421 g/mol. The van der Waals surface area contributed by atoms with Gasteiger partial charge >= 0.3 is 6.09 Å². The molecule has 0 aliphatic carbocycles. The van der Waals surface area contributed by atoms with Crippen LogP contribution in [0.2, 0.25) is 0 Å². The van der Waals surface area contributed by atoms with E-state index in [0.29, 0.717) is 26.1 Å². The van der Waals surface area contributed by atoms with Gasteiger partial charge in [-0.3, -0.25) is 19.3 Å². The van der Waals surface area contributed by atoms with Crippen LogP contribution in [0, 0.1) is 0 Å². The molecule has 8 heteroatoms. The number of hydrogen-bond acceptors (Lipinski definition) is 6. The molecule has 0 aromatic heterocycles. The van der Waals surface area contributed by atoms with Crippen molar-refractivity contribution in [1.82, 2.24) is 9.96 Å². The van der Waals surface area contributed by atoms with E-state index in [-0.39, 0.29) is 12.2 Å². The number of carbonyl (C=O) groups is 3. The van der Waals surface area contributed by atoms with Gasteiger partial charge < -0.3 is 9.47 Å². The van der Waals surface area contributed by atoms with E-state index in [0.717, 1.165) is 10.6 Å². The first-order valence-electron chi connectivity index (χ1n) is 10.1. The van der Waals surface area contributed by atoms with Gasteiger partial charge in [0.2, 0.25) is 0 Å². The standard InChI is InChI=1S/C22H32N2O6/c1-22(2,3)30-21(27)24-17(14-18(25)19(24)20(26)23(4)28-5)12-9-13-29-15-16-10-7-6-8-11-16/h6-8,10-11,17,19H,9,12-15H2,1-5H3/t17-,19+/m1/s1. The summed E-state index contributed by atoms with van der Waals surface area (Å²) in [5.74, 6) is -0.902. The van der Waals surface area contributed by atoms with Gasteiger partial charge in [0.25, 0.3) is 5.91 Å². The summed E-state index contributed by atoms with van der Waals surface area (Å²) in [5.41, 5.74) is 0.337. The molecule has 1 heterocycles. The van der Waals surface area contributed by atoms with Crippen LogP contribution in [0.3, 0.4) is 0 Å². The summed E-state index contributed by atoms with van der Waals surface area (Å²) in [5, 5.41) is 0.964. The van der Waals surface area contributed by atoms with Crippen molar-refractivity contribution >= 4 is 17.8 Å². The van der Waals surface area contributed by atoms with Crippen molar-refractivity contribution in [2.75, 3.05) is 20.8 Å². The molecule has 0 unspecified atom stereocenters. The zero-order valence-corrected chi connectivity index (χ0v) is 18.4. The van der Waals surface area contributed by atoms with Gasteiger partial charge in [-0.1, -0.05) is 30.3 Å². The number of benzene rings is 1. The summed E-state index contributed by atoms with van der Waals surface area (Å²) >= 11 is 0. The maximum absolute atomic E-state index is 12.8. The van der Waals surface area contributed by atoms with Crippen LogP contribution in [0.5, 0.6) is 0 Å². The van der Waals surface area contributed by atoms with Crippen LogP contribution in [0.25, 0.3) is 0 Å². The molecule has 0 radical (unpaired) electrons. The first-order valence-corrected chi connectivity index (χ1v) is 10.1. The summed E-state index contributed by atoms with van der Waals surface area (Å²) in [7, 11) is 2.74. The van der Waals surface area contributed by atoms with Gasteiger partial charge in [0.1, 0.15) is 5.60 Å². The summed E-state index contributed by atoms with van der Waals surface area (Å²) < 4.78 is 11.2. The highest BCUT2D eigenvalue weighted by atomic mass is 16.7. The number of likely N-dealkylation sites (N-methyl/N-ethyl adjacent to an activating group) is 1. The number of Topliss-reactive ketones (excluding diaryl/α,β-unsaturated/α-hetero) is 1. The lowest BCUT2D eigenvalue weighted by Crippen LogP contribution is -2.52. The lowest BCUT2D eigenvalue weighted by Gasteiger charge is -2.32. The number of carbonyl (C=O) groups excluding carboxylic acids is 3. The molecule has 1 aliphatic heterocycles. The van der Waals surface area contributed by atoms with Crippen molar-refractivity contribution < 1.29 is 28.7 Å². The Morgan fingerprint density at radius 1 is 1.20 bits per heavy atom. The molecule has 0 bridgehead atoms. The third-order valence-corrected chi connectivity index (χ3v) is 4.77. The zero-order chi connectivity index (χ0) is 22.3. The Morgan fingerprint density at radius 2 is 1.87 bits per heavy atom. The van der Waals surface area contributed by atoms with E-state index in [9.17, 15) is 14.4 Å². The Kier molecular flexibility index (Phi) is 8.37. The summed E-state index contributed by atoms with van der Waals surface area (Å²) in [6.45, 7) is 6.21. The molecule has 2 amide bonds. The Bertz CT molecular complexity index is 731. The second kappa shape index (κ2) is 10.5. The fourth-order valence-corrected chi connectivity index (χ4v) is 3.32. The van der Waals surface area contributed by atoms with E-state index >= 15 is 0 Å². The molecule has 1 aliphatic rings. The molecule has 2 rings (SSSR count). The fraction of sp³-hybridized carbons (Fsp3) is 0.591. The van der Waals surface area contributed by atoms with Crippen molar-refractivity contribution in [2.24, 2.45) is 0 Å². The van der Waals surface area contributed by atoms with Crippen molar-refractivity contribution in [3.8, 4) is 0 Å². The second-order valence-corrected chi connectivity index (χ2v) is 8.31. The Balaban J connectivity index is 2.01. The topological polar surface area (TPSA) is 85.4 Å². The van der Waals surface area contributed by atoms with Crippen LogP contribution < -0.4 is 0 Å². The van der Waals surface area contributed by atoms with E-state index in [1.165, 1.54) is 19.1 Å². The van der Waals surface area contributed by atoms with Crippen LogP contribution in [-0.4, -0.2) is 66.2 Å². The summed E-state index contributed by atoms with van der Waals surface area (Å²) in [6.07, 6.45) is 0.600. The second-order valence-electron chi connectivity index (χ2n) is 8.31. The number of ketones is 1. The number of likely N-dealkylation sites (tertiary alicyclic amines) is 1. The maximum atomic E-state index is 12.8.